The first-order valence-electron chi connectivity index (χ1n) is 3.13. The van der Waals surface area contributed by atoms with Gasteiger partial charge in [0.1, 0.15) is 0 Å². The van der Waals surface area contributed by atoms with Crippen LogP contribution in [-0.4, -0.2) is 10.9 Å². The van der Waals surface area contributed by atoms with E-state index in [0.29, 0.717) is 0 Å². The zero-order valence-electron chi connectivity index (χ0n) is 6.33. The molecule has 0 N–H and O–H groups in total. The predicted molar refractivity (Wildman–Crippen MR) is 64.1 cm³/mol. The third-order valence-corrected chi connectivity index (χ3v) is 7.94. The Balaban J connectivity index is 0. The molecule has 0 atom stereocenters. The molecule has 7 heteroatoms. The van der Waals surface area contributed by atoms with Gasteiger partial charge in [-0.1, -0.05) is 24.4 Å². The van der Waals surface area contributed by atoms with Gasteiger partial charge in [0, 0.05) is 0 Å². The molecule has 0 saturated carbocycles. The molecule has 0 unspecified atom stereocenters. The number of hydrogen-bond donors (Lipinski definition) is 0. The zero-order valence-corrected chi connectivity index (χ0v) is 14.1. The van der Waals surface area contributed by atoms with Crippen LogP contribution in [0.3, 0.4) is 0 Å². The molecule has 0 fully saturated rings. The summed E-state index contributed by atoms with van der Waals surface area (Å²) < 4.78 is 0. The summed E-state index contributed by atoms with van der Waals surface area (Å²) in [5.74, 6) is 0. The zero-order chi connectivity index (χ0) is 9.49. The summed E-state index contributed by atoms with van der Waals surface area (Å²) in [6, 6.07) is 0. The molecular formula is C4H10AlCl4IV. The Labute approximate surface area is 103 Å². The molecule has 0 aliphatic rings. The first-order chi connectivity index (χ1) is 4.81. The monoisotopic (exact) mass is 403 g/mol. The van der Waals surface area contributed by atoms with E-state index in [4.69, 9.17) is 39.4 Å². The summed E-state index contributed by atoms with van der Waals surface area (Å²) in [7, 11) is 16.8. The Morgan fingerprint density at radius 1 is 1.09 bits per heavy atom. The van der Waals surface area contributed by atoms with E-state index in [1.165, 1.54) is 10.6 Å². The molecule has 11 heavy (non-hydrogen) atoms. The molecule has 0 radical (unpaired) electrons. The van der Waals surface area contributed by atoms with Crippen LogP contribution in [0.15, 0.2) is 0 Å². The van der Waals surface area contributed by atoms with Crippen molar-refractivity contribution in [3.8, 4) is 0 Å². The normalized spacial score (nSPS) is 10.1. The van der Waals surface area contributed by atoms with Crippen molar-refractivity contribution < 1.29 is 10.2 Å². The van der Waals surface area contributed by atoms with Gasteiger partial charge in [-0.25, -0.2) is 20.3 Å². The Morgan fingerprint density at radius 3 is 1.27 bits per heavy atom. The fourth-order valence-corrected chi connectivity index (χ4v) is 0.866. The molecule has 0 aliphatic heterocycles. The van der Waals surface area contributed by atoms with Crippen LogP contribution < -0.4 is 0 Å². The number of rotatable bonds is 2. The molecule has 0 saturated heterocycles. The first kappa shape index (κ1) is 16.4. The van der Waals surface area contributed by atoms with Gasteiger partial charge in [-0.15, -0.1) is 0 Å². The van der Waals surface area contributed by atoms with Gasteiger partial charge >= 0.3 is 60.4 Å². The maximum absolute atomic E-state index is 5.00. The molecule has 0 aromatic rings. The van der Waals surface area contributed by atoms with E-state index >= 15 is 0 Å². The fraction of sp³-hybridized carbons (Fsp3) is 1.00. The van der Waals surface area contributed by atoms with Crippen molar-refractivity contribution in [3.05, 3.63) is 0 Å². The van der Waals surface area contributed by atoms with E-state index in [1.54, 1.807) is 0 Å². The molecule has 0 nitrogen and oxygen atoms in total. The molecule has 0 amide bonds. The Bertz CT molecular complexity index is 78.7. The summed E-state index contributed by atoms with van der Waals surface area (Å²) in [5, 5.41) is 2.91. The van der Waals surface area contributed by atoms with Crippen LogP contribution in [0.4, 0.5) is 0 Å². The van der Waals surface area contributed by atoms with Gasteiger partial charge in [0.15, 0.2) is 0 Å². The molecule has 0 aromatic heterocycles. The Hall–Kier alpha value is 3.01. The van der Waals surface area contributed by atoms with Crippen molar-refractivity contribution in [2.24, 2.45) is 0 Å². The molecule has 0 aromatic carbocycles. The second-order valence-electron chi connectivity index (χ2n) is 1.80. The second kappa shape index (κ2) is 9.56. The fourth-order valence-electron chi connectivity index (χ4n) is 0.289. The van der Waals surface area contributed by atoms with E-state index in [2.05, 4.69) is 34.1 Å². The third kappa shape index (κ3) is 32.1. The summed E-state index contributed by atoms with van der Waals surface area (Å²) in [5.41, 5.74) is 0. The second-order valence-corrected chi connectivity index (χ2v) is 23.8. The van der Waals surface area contributed by atoms with Gasteiger partial charge in [-0.05, 0) is 0 Å². The van der Waals surface area contributed by atoms with Crippen LogP contribution >= 0.6 is 59.7 Å². The molecule has 0 heterocycles. The summed E-state index contributed by atoms with van der Waals surface area (Å²) in [6.07, 6.45) is 0. The van der Waals surface area contributed by atoms with Crippen LogP contribution in [0.5, 0.6) is 0 Å². The van der Waals surface area contributed by atoms with Gasteiger partial charge in [0.05, 0.1) is 0 Å². The van der Waals surface area contributed by atoms with Crippen LogP contribution in [0, 0.1) is 0 Å². The third-order valence-electron chi connectivity index (χ3n) is 0.886. The summed E-state index contributed by atoms with van der Waals surface area (Å²) in [4.78, 5) is 0. The standard InChI is InChI=1S/2C2H5.Al.4ClH.HI.V/c2*1-2;;;;;;;/h2*1H2,2H3;;5*1H;/q;;+1;;;;;;+4/p-5. The van der Waals surface area contributed by atoms with E-state index in [1.807, 2.05) is 0 Å². The molecule has 0 aliphatic carbocycles. The van der Waals surface area contributed by atoms with Crippen molar-refractivity contribution in [2.75, 3.05) is 0 Å². The van der Waals surface area contributed by atoms with E-state index in [-0.39, 0.29) is 10.9 Å². The Morgan fingerprint density at radius 2 is 1.27 bits per heavy atom. The quantitative estimate of drug-likeness (QED) is 0.438. The minimum atomic E-state index is -2.99. The topological polar surface area (TPSA) is 0 Å². The van der Waals surface area contributed by atoms with Crippen LogP contribution in [-0.2, 0) is 10.2 Å². The van der Waals surface area contributed by atoms with Crippen molar-refractivity contribution in [1.82, 2.24) is 0 Å². The predicted octanol–water partition coefficient (Wildman–Crippen LogP) is 5.21. The molecular weight excluding hydrogens is 395 g/mol. The average molecular weight is 405 g/mol. The van der Waals surface area contributed by atoms with Crippen molar-refractivity contribution in [2.45, 2.75) is 24.4 Å². The molecule has 0 bridgehead atoms. The van der Waals surface area contributed by atoms with Gasteiger partial charge < -0.3 is 0 Å². The molecule has 69 valence electrons. The average Bonchev–Trinajstić information content (AvgIpc) is 1.83. The summed E-state index contributed by atoms with van der Waals surface area (Å²) >= 11 is 2.61. The Kier molecular flexibility index (Phi) is 14.3. The van der Waals surface area contributed by atoms with Gasteiger partial charge in [0.2, 0.25) is 0 Å². The van der Waals surface area contributed by atoms with Crippen LogP contribution in [0.25, 0.3) is 0 Å². The van der Waals surface area contributed by atoms with Gasteiger partial charge in [-0.2, -0.15) is 0 Å². The maximum atomic E-state index is 5.00. The van der Waals surface area contributed by atoms with Crippen molar-refractivity contribution in [1.29, 1.82) is 0 Å². The number of halogens is 5. The molecule has 0 spiro atoms. The van der Waals surface area contributed by atoms with Crippen molar-refractivity contribution >= 4 is 70.5 Å². The van der Waals surface area contributed by atoms with Gasteiger partial charge in [0.25, 0.3) is 0 Å². The van der Waals surface area contributed by atoms with E-state index in [0.717, 1.165) is 0 Å². The van der Waals surface area contributed by atoms with Gasteiger partial charge in [-0.3, -0.25) is 0 Å². The van der Waals surface area contributed by atoms with Crippen molar-refractivity contribution in [3.63, 3.8) is 0 Å². The molecule has 0 rings (SSSR count). The number of hydrogen-bond acceptors (Lipinski definition) is 0. The minimum absolute atomic E-state index is 0.190. The first-order valence-corrected chi connectivity index (χ1v) is 16.6. The van der Waals surface area contributed by atoms with Crippen LogP contribution in [0.1, 0.15) is 13.8 Å². The van der Waals surface area contributed by atoms with E-state index < -0.39 is 10.2 Å². The summed E-state index contributed by atoms with van der Waals surface area (Å²) in [6.45, 7) is 4.57. The van der Waals surface area contributed by atoms with Crippen LogP contribution in [0.2, 0.25) is 10.6 Å². The SMILES string of the molecule is C[CH2][Al]([I])[CH2]C.[Cl][V]([Cl])([Cl])[Cl]. The van der Waals surface area contributed by atoms with E-state index in [9.17, 15) is 0 Å².